The number of benzene rings is 1. The molecule has 4 heteroatoms. The number of amides is 1. The summed E-state index contributed by atoms with van der Waals surface area (Å²) in [5, 5.41) is 20.3. The van der Waals surface area contributed by atoms with Crippen LogP contribution in [0.2, 0.25) is 0 Å². The van der Waals surface area contributed by atoms with Crippen LogP contribution in [0.4, 0.5) is 0 Å². The number of carbonyl (C=O) groups is 1. The highest BCUT2D eigenvalue weighted by atomic mass is 16.3. The van der Waals surface area contributed by atoms with Gasteiger partial charge in [-0.05, 0) is 24.6 Å². The summed E-state index contributed by atoms with van der Waals surface area (Å²) in [4.78, 5) is 11.7. The van der Waals surface area contributed by atoms with Gasteiger partial charge in [0.25, 0.3) is 5.91 Å². The normalized spacial score (nSPS) is 11.6. The number of carbonyl (C=O) groups excluding carboxylic acids is 1. The van der Waals surface area contributed by atoms with Crippen molar-refractivity contribution in [2.75, 3.05) is 6.61 Å². The Morgan fingerprint density at radius 2 is 2.38 bits per heavy atom. The van der Waals surface area contributed by atoms with E-state index in [1.807, 2.05) is 13.0 Å². The Kier molecular flexibility index (Phi) is 4.49. The SMILES string of the molecule is CC[C@@H](CO)NC(=O)c1cccc(C#N)c1. The lowest BCUT2D eigenvalue weighted by Crippen LogP contribution is -2.36. The highest BCUT2D eigenvalue weighted by Gasteiger charge is 2.11. The standard InChI is InChI=1S/C12H14N2O2/c1-2-11(8-15)14-12(16)10-5-3-4-9(6-10)7-13/h3-6,11,15H,2,8H2,1H3,(H,14,16)/t11-/m0/s1. The molecule has 0 aliphatic heterocycles. The third kappa shape index (κ3) is 3.07. The molecule has 1 rings (SSSR count). The molecule has 0 radical (unpaired) electrons. The van der Waals surface area contributed by atoms with Crippen LogP contribution in [0.1, 0.15) is 29.3 Å². The number of aliphatic hydroxyl groups excluding tert-OH is 1. The first kappa shape index (κ1) is 12.2. The summed E-state index contributed by atoms with van der Waals surface area (Å²) in [6.45, 7) is 1.80. The van der Waals surface area contributed by atoms with Gasteiger partial charge in [0.05, 0.1) is 24.3 Å². The molecule has 1 atom stereocenters. The number of nitriles is 1. The minimum atomic E-state index is -0.266. The molecule has 4 nitrogen and oxygen atoms in total. The number of nitrogens with zero attached hydrogens (tertiary/aromatic N) is 1. The summed E-state index contributed by atoms with van der Waals surface area (Å²) < 4.78 is 0. The van der Waals surface area contributed by atoms with E-state index in [1.54, 1.807) is 18.2 Å². The van der Waals surface area contributed by atoms with E-state index in [0.717, 1.165) is 0 Å². The zero-order valence-electron chi connectivity index (χ0n) is 9.10. The highest BCUT2D eigenvalue weighted by molar-refractivity contribution is 5.94. The zero-order chi connectivity index (χ0) is 12.0. The number of hydrogen-bond acceptors (Lipinski definition) is 3. The summed E-state index contributed by atoms with van der Waals surface area (Å²) in [6.07, 6.45) is 0.667. The molecule has 0 aromatic heterocycles. The molecular weight excluding hydrogens is 204 g/mol. The molecule has 0 saturated heterocycles. The molecule has 0 saturated carbocycles. The van der Waals surface area contributed by atoms with E-state index >= 15 is 0 Å². The van der Waals surface area contributed by atoms with Crippen LogP contribution in [-0.2, 0) is 0 Å². The maximum absolute atomic E-state index is 11.7. The second-order valence-corrected chi connectivity index (χ2v) is 3.45. The molecular formula is C12H14N2O2. The number of aliphatic hydroxyl groups is 1. The lowest BCUT2D eigenvalue weighted by atomic mass is 10.1. The summed E-state index contributed by atoms with van der Waals surface area (Å²) in [6, 6.07) is 8.20. The van der Waals surface area contributed by atoms with Crippen LogP contribution in [-0.4, -0.2) is 23.7 Å². The first-order valence-corrected chi connectivity index (χ1v) is 5.13. The van der Waals surface area contributed by atoms with Crippen LogP contribution in [0, 0.1) is 11.3 Å². The van der Waals surface area contributed by atoms with E-state index in [-0.39, 0.29) is 18.6 Å². The van der Waals surface area contributed by atoms with Gasteiger partial charge in [-0.2, -0.15) is 5.26 Å². The molecule has 0 aliphatic rings. The lowest BCUT2D eigenvalue weighted by molar-refractivity contribution is 0.0915. The van der Waals surface area contributed by atoms with E-state index in [1.165, 1.54) is 6.07 Å². The number of hydrogen-bond donors (Lipinski definition) is 2. The van der Waals surface area contributed by atoms with Crippen LogP contribution in [0.25, 0.3) is 0 Å². The van der Waals surface area contributed by atoms with Crippen molar-refractivity contribution < 1.29 is 9.90 Å². The van der Waals surface area contributed by atoms with Gasteiger partial charge in [-0.3, -0.25) is 4.79 Å². The minimum Gasteiger partial charge on any atom is -0.394 e. The van der Waals surface area contributed by atoms with Gasteiger partial charge >= 0.3 is 0 Å². The van der Waals surface area contributed by atoms with Crippen LogP contribution >= 0.6 is 0 Å². The van der Waals surface area contributed by atoms with E-state index in [0.29, 0.717) is 17.5 Å². The lowest BCUT2D eigenvalue weighted by Gasteiger charge is -2.13. The molecule has 0 heterocycles. The van der Waals surface area contributed by atoms with Crippen molar-refractivity contribution in [2.24, 2.45) is 0 Å². The van der Waals surface area contributed by atoms with Gasteiger partial charge in [0.15, 0.2) is 0 Å². The van der Waals surface area contributed by atoms with Crippen molar-refractivity contribution in [3.8, 4) is 6.07 Å². The van der Waals surface area contributed by atoms with E-state index in [2.05, 4.69) is 5.32 Å². The Hall–Kier alpha value is -1.86. The maximum atomic E-state index is 11.7. The summed E-state index contributed by atoms with van der Waals surface area (Å²) in [7, 11) is 0. The average Bonchev–Trinajstić information content (AvgIpc) is 2.35. The van der Waals surface area contributed by atoms with Gasteiger partial charge in [-0.25, -0.2) is 0 Å². The molecule has 0 bridgehead atoms. The second kappa shape index (κ2) is 5.89. The molecule has 0 aliphatic carbocycles. The predicted octanol–water partition coefficient (Wildman–Crippen LogP) is 1.06. The van der Waals surface area contributed by atoms with E-state index < -0.39 is 0 Å². The van der Waals surface area contributed by atoms with Crippen LogP contribution < -0.4 is 5.32 Å². The molecule has 16 heavy (non-hydrogen) atoms. The molecule has 0 unspecified atom stereocenters. The van der Waals surface area contributed by atoms with Gasteiger partial charge in [0.1, 0.15) is 0 Å². The smallest absolute Gasteiger partial charge is 0.251 e. The second-order valence-electron chi connectivity index (χ2n) is 3.45. The fourth-order valence-electron chi connectivity index (χ4n) is 1.28. The van der Waals surface area contributed by atoms with Crippen LogP contribution in [0.3, 0.4) is 0 Å². The van der Waals surface area contributed by atoms with Crippen LogP contribution in [0.5, 0.6) is 0 Å². The number of rotatable bonds is 4. The molecule has 0 fully saturated rings. The largest absolute Gasteiger partial charge is 0.394 e. The predicted molar refractivity (Wildman–Crippen MR) is 59.8 cm³/mol. The Bertz CT molecular complexity index is 406. The van der Waals surface area contributed by atoms with Gasteiger partial charge in [0.2, 0.25) is 0 Å². The summed E-state index contributed by atoms with van der Waals surface area (Å²) >= 11 is 0. The van der Waals surface area contributed by atoms with Crippen molar-refractivity contribution in [3.05, 3.63) is 35.4 Å². The van der Waals surface area contributed by atoms with Crippen molar-refractivity contribution >= 4 is 5.91 Å². The molecule has 84 valence electrons. The Morgan fingerprint density at radius 3 is 2.94 bits per heavy atom. The maximum Gasteiger partial charge on any atom is 0.251 e. The summed E-state index contributed by atoms with van der Waals surface area (Å²) in [5.74, 6) is -0.266. The van der Waals surface area contributed by atoms with Gasteiger partial charge in [-0.1, -0.05) is 13.0 Å². The van der Waals surface area contributed by atoms with Crippen molar-refractivity contribution in [2.45, 2.75) is 19.4 Å². The minimum absolute atomic E-state index is 0.0832. The quantitative estimate of drug-likeness (QED) is 0.793. The van der Waals surface area contributed by atoms with Gasteiger partial charge in [0, 0.05) is 5.56 Å². The first-order valence-electron chi connectivity index (χ1n) is 5.13. The third-order valence-corrected chi connectivity index (χ3v) is 2.30. The Balaban J connectivity index is 2.77. The fourth-order valence-corrected chi connectivity index (χ4v) is 1.28. The Labute approximate surface area is 94.5 Å². The number of nitrogens with one attached hydrogen (secondary N) is 1. The zero-order valence-corrected chi connectivity index (χ0v) is 9.10. The highest BCUT2D eigenvalue weighted by Crippen LogP contribution is 2.04. The first-order chi connectivity index (χ1) is 7.71. The van der Waals surface area contributed by atoms with Crippen molar-refractivity contribution in [3.63, 3.8) is 0 Å². The van der Waals surface area contributed by atoms with Crippen molar-refractivity contribution in [1.29, 1.82) is 5.26 Å². The van der Waals surface area contributed by atoms with Gasteiger partial charge < -0.3 is 10.4 Å². The van der Waals surface area contributed by atoms with E-state index in [9.17, 15) is 4.79 Å². The monoisotopic (exact) mass is 218 g/mol. The summed E-state index contributed by atoms with van der Waals surface area (Å²) in [5.41, 5.74) is 0.885. The topological polar surface area (TPSA) is 73.1 Å². The van der Waals surface area contributed by atoms with Crippen molar-refractivity contribution in [1.82, 2.24) is 5.32 Å². The third-order valence-electron chi connectivity index (χ3n) is 2.30. The Morgan fingerprint density at radius 1 is 1.62 bits per heavy atom. The fraction of sp³-hybridized carbons (Fsp3) is 0.333. The van der Waals surface area contributed by atoms with E-state index in [4.69, 9.17) is 10.4 Å². The van der Waals surface area contributed by atoms with Gasteiger partial charge in [-0.15, -0.1) is 0 Å². The molecule has 2 N–H and O–H groups in total. The molecule has 1 amide bonds. The molecule has 0 spiro atoms. The molecule has 1 aromatic carbocycles. The average molecular weight is 218 g/mol. The van der Waals surface area contributed by atoms with Crippen LogP contribution in [0.15, 0.2) is 24.3 Å². The molecule has 1 aromatic rings.